The number of anilines is 1. The van der Waals surface area contributed by atoms with E-state index in [0.29, 0.717) is 21.5 Å². The van der Waals surface area contributed by atoms with Gasteiger partial charge in [0.15, 0.2) is 17.3 Å². The van der Waals surface area contributed by atoms with Gasteiger partial charge in [-0.25, -0.2) is 4.39 Å². The Morgan fingerprint density at radius 2 is 2.12 bits per heavy atom. The van der Waals surface area contributed by atoms with Crippen LogP contribution in [0.25, 0.3) is 0 Å². The van der Waals surface area contributed by atoms with Crippen molar-refractivity contribution in [1.82, 2.24) is 4.98 Å². The number of aromatic nitrogens is 1. The number of ether oxygens (including phenoxy) is 1. The maximum absolute atomic E-state index is 13.8. The standard InChI is InChI=1S/C12H10BrFN2O/c1-7-3-2-4-10(11(7)14)17-12-8(13)5-16-6-9(12)15/h2-6H,15H2,1H3. The lowest BCUT2D eigenvalue weighted by Crippen LogP contribution is -1.96. The first-order chi connectivity index (χ1) is 8.09. The molecule has 0 bridgehead atoms. The van der Waals surface area contributed by atoms with E-state index in [-0.39, 0.29) is 5.75 Å². The highest BCUT2D eigenvalue weighted by molar-refractivity contribution is 9.10. The van der Waals surface area contributed by atoms with Crippen molar-refractivity contribution in [2.75, 3.05) is 5.73 Å². The average molecular weight is 297 g/mol. The quantitative estimate of drug-likeness (QED) is 0.920. The van der Waals surface area contributed by atoms with Gasteiger partial charge in [0.05, 0.1) is 16.4 Å². The molecular formula is C12H10BrFN2O. The monoisotopic (exact) mass is 296 g/mol. The SMILES string of the molecule is Cc1cccc(Oc2c(N)cncc2Br)c1F. The number of nitrogens with zero attached hydrogens (tertiary/aromatic N) is 1. The van der Waals surface area contributed by atoms with Gasteiger partial charge in [0.1, 0.15) is 0 Å². The molecule has 0 saturated carbocycles. The largest absolute Gasteiger partial charge is 0.451 e. The van der Waals surface area contributed by atoms with Crippen LogP contribution in [0.15, 0.2) is 35.1 Å². The second-order valence-electron chi connectivity index (χ2n) is 3.53. The first-order valence-corrected chi connectivity index (χ1v) is 5.71. The Morgan fingerprint density at radius 3 is 2.82 bits per heavy atom. The van der Waals surface area contributed by atoms with Gasteiger partial charge in [0.2, 0.25) is 0 Å². The predicted molar refractivity (Wildman–Crippen MR) is 67.6 cm³/mol. The minimum absolute atomic E-state index is 0.142. The molecule has 0 fully saturated rings. The summed E-state index contributed by atoms with van der Waals surface area (Å²) in [5.74, 6) is 0.115. The third-order valence-corrected chi connectivity index (χ3v) is 2.81. The van der Waals surface area contributed by atoms with Gasteiger partial charge in [-0.1, -0.05) is 12.1 Å². The molecular weight excluding hydrogens is 287 g/mol. The molecule has 0 atom stereocenters. The first-order valence-electron chi connectivity index (χ1n) is 4.91. The van der Waals surface area contributed by atoms with E-state index in [1.165, 1.54) is 6.20 Å². The number of nitrogen functional groups attached to an aromatic ring is 1. The van der Waals surface area contributed by atoms with E-state index in [1.807, 2.05) is 0 Å². The molecule has 0 aliphatic heterocycles. The van der Waals surface area contributed by atoms with Crippen molar-refractivity contribution in [2.45, 2.75) is 6.92 Å². The van der Waals surface area contributed by atoms with E-state index in [0.717, 1.165) is 0 Å². The molecule has 0 aliphatic carbocycles. The van der Waals surface area contributed by atoms with E-state index >= 15 is 0 Å². The van der Waals surface area contributed by atoms with E-state index in [4.69, 9.17) is 10.5 Å². The van der Waals surface area contributed by atoms with Gasteiger partial charge in [-0.15, -0.1) is 0 Å². The molecule has 0 aliphatic rings. The number of rotatable bonds is 2. The second kappa shape index (κ2) is 4.71. The van der Waals surface area contributed by atoms with Crippen LogP contribution in [-0.2, 0) is 0 Å². The molecule has 0 spiro atoms. The van der Waals surface area contributed by atoms with Crippen LogP contribution < -0.4 is 10.5 Å². The number of hydrogen-bond donors (Lipinski definition) is 1. The molecule has 17 heavy (non-hydrogen) atoms. The number of nitrogens with two attached hydrogens (primary N) is 1. The minimum Gasteiger partial charge on any atom is -0.451 e. The van der Waals surface area contributed by atoms with Crippen LogP contribution in [0.3, 0.4) is 0 Å². The maximum Gasteiger partial charge on any atom is 0.168 e. The maximum atomic E-state index is 13.8. The van der Waals surface area contributed by atoms with Crippen LogP contribution in [0.5, 0.6) is 11.5 Å². The molecule has 2 aromatic rings. The Kier molecular flexibility index (Phi) is 3.28. The molecule has 1 aromatic heterocycles. The summed E-state index contributed by atoms with van der Waals surface area (Å²) in [6, 6.07) is 4.95. The lowest BCUT2D eigenvalue weighted by Gasteiger charge is -2.11. The van der Waals surface area contributed by atoms with E-state index in [9.17, 15) is 4.39 Å². The van der Waals surface area contributed by atoms with E-state index in [2.05, 4.69) is 20.9 Å². The van der Waals surface area contributed by atoms with Crippen molar-refractivity contribution in [3.05, 3.63) is 46.4 Å². The van der Waals surface area contributed by atoms with Crippen LogP contribution in [0.2, 0.25) is 0 Å². The summed E-state index contributed by atoms with van der Waals surface area (Å²) in [5, 5.41) is 0. The zero-order valence-electron chi connectivity index (χ0n) is 9.08. The van der Waals surface area contributed by atoms with Gasteiger partial charge in [0.25, 0.3) is 0 Å². The highest BCUT2D eigenvalue weighted by Gasteiger charge is 2.11. The van der Waals surface area contributed by atoms with Crippen LogP contribution in [-0.4, -0.2) is 4.98 Å². The van der Waals surface area contributed by atoms with Crippen molar-refractivity contribution >= 4 is 21.6 Å². The molecule has 1 heterocycles. The number of pyridine rings is 1. The molecule has 88 valence electrons. The second-order valence-corrected chi connectivity index (χ2v) is 4.38. The smallest absolute Gasteiger partial charge is 0.168 e. The Bertz CT molecular complexity index is 540. The topological polar surface area (TPSA) is 48.1 Å². The highest BCUT2D eigenvalue weighted by Crippen LogP contribution is 2.35. The lowest BCUT2D eigenvalue weighted by atomic mass is 10.2. The van der Waals surface area contributed by atoms with Crippen LogP contribution in [0, 0.1) is 12.7 Å². The molecule has 2 N–H and O–H groups in total. The molecule has 3 nitrogen and oxygen atoms in total. The fraction of sp³-hybridized carbons (Fsp3) is 0.0833. The predicted octanol–water partition coefficient (Wildman–Crippen LogP) is 3.67. The normalized spacial score (nSPS) is 10.3. The van der Waals surface area contributed by atoms with Crippen LogP contribution >= 0.6 is 15.9 Å². The Labute approximate surface area is 107 Å². The van der Waals surface area contributed by atoms with Gasteiger partial charge >= 0.3 is 0 Å². The molecule has 1 aromatic carbocycles. The van der Waals surface area contributed by atoms with Crippen molar-refractivity contribution < 1.29 is 9.13 Å². The van der Waals surface area contributed by atoms with Crippen molar-refractivity contribution in [2.24, 2.45) is 0 Å². The average Bonchev–Trinajstić information content (AvgIpc) is 2.29. The molecule has 0 amide bonds. The fourth-order valence-electron chi connectivity index (χ4n) is 1.36. The summed E-state index contributed by atoms with van der Waals surface area (Å²) in [7, 11) is 0. The Morgan fingerprint density at radius 1 is 1.35 bits per heavy atom. The van der Waals surface area contributed by atoms with Gasteiger partial charge < -0.3 is 10.5 Å². The summed E-state index contributed by atoms with van der Waals surface area (Å²) in [6.45, 7) is 1.67. The van der Waals surface area contributed by atoms with Crippen LogP contribution in [0.1, 0.15) is 5.56 Å². The molecule has 2 rings (SSSR count). The Balaban J connectivity index is 2.42. The summed E-state index contributed by atoms with van der Waals surface area (Å²) in [4.78, 5) is 3.88. The number of hydrogen-bond acceptors (Lipinski definition) is 3. The third kappa shape index (κ3) is 2.39. The number of aryl methyl sites for hydroxylation is 1. The van der Waals surface area contributed by atoms with E-state index < -0.39 is 5.82 Å². The van der Waals surface area contributed by atoms with E-state index in [1.54, 1.807) is 31.3 Å². The van der Waals surface area contributed by atoms with Gasteiger partial charge in [0, 0.05) is 6.20 Å². The third-order valence-electron chi connectivity index (χ3n) is 2.25. The van der Waals surface area contributed by atoms with Gasteiger partial charge in [-0.2, -0.15) is 0 Å². The molecule has 5 heteroatoms. The van der Waals surface area contributed by atoms with Crippen LogP contribution in [0.4, 0.5) is 10.1 Å². The number of halogens is 2. The summed E-state index contributed by atoms with van der Waals surface area (Å²) in [5.41, 5.74) is 6.58. The summed E-state index contributed by atoms with van der Waals surface area (Å²) >= 11 is 3.26. The Hall–Kier alpha value is -1.62. The van der Waals surface area contributed by atoms with Crippen molar-refractivity contribution in [1.29, 1.82) is 0 Å². The lowest BCUT2D eigenvalue weighted by molar-refractivity contribution is 0.439. The fourth-order valence-corrected chi connectivity index (χ4v) is 1.78. The number of benzene rings is 1. The minimum atomic E-state index is -0.393. The van der Waals surface area contributed by atoms with Gasteiger partial charge in [-0.3, -0.25) is 4.98 Å². The zero-order valence-corrected chi connectivity index (χ0v) is 10.7. The summed E-state index contributed by atoms with van der Waals surface area (Å²) in [6.07, 6.45) is 2.99. The van der Waals surface area contributed by atoms with Crippen molar-refractivity contribution in [3.63, 3.8) is 0 Å². The summed E-state index contributed by atoms with van der Waals surface area (Å²) < 4.78 is 19.8. The molecule has 0 unspecified atom stereocenters. The molecule has 0 saturated heterocycles. The van der Waals surface area contributed by atoms with Crippen molar-refractivity contribution in [3.8, 4) is 11.5 Å². The zero-order chi connectivity index (χ0) is 12.4. The first kappa shape index (κ1) is 11.9. The highest BCUT2D eigenvalue weighted by atomic mass is 79.9. The molecule has 0 radical (unpaired) electrons. The van der Waals surface area contributed by atoms with Gasteiger partial charge in [-0.05, 0) is 34.5 Å².